The van der Waals surface area contributed by atoms with Gasteiger partial charge in [-0.3, -0.25) is 4.98 Å². The van der Waals surface area contributed by atoms with E-state index in [1.54, 1.807) is 36.7 Å². The summed E-state index contributed by atoms with van der Waals surface area (Å²) in [4.78, 5) is 4.00. The zero-order chi connectivity index (χ0) is 12.4. The van der Waals surface area contributed by atoms with Crippen LogP contribution in [0.4, 0.5) is 0 Å². The van der Waals surface area contributed by atoms with E-state index in [-0.39, 0.29) is 0 Å². The van der Waals surface area contributed by atoms with Crippen LogP contribution in [0.3, 0.4) is 0 Å². The van der Waals surface area contributed by atoms with Gasteiger partial charge in [-0.05, 0) is 40.2 Å². The van der Waals surface area contributed by atoms with Crippen LogP contribution in [0.15, 0.2) is 41.1 Å². The highest BCUT2D eigenvalue weighted by molar-refractivity contribution is 9.10. The van der Waals surface area contributed by atoms with E-state index in [1.165, 1.54) is 0 Å². The third-order valence-electron chi connectivity index (χ3n) is 2.29. The average Bonchev–Trinajstić information content (AvgIpc) is 2.31. The molecule has 1 N–H and O–H groups in total. The van der Waals surface area contributed by atoms with Crippen molar-refractivity contribution in [3.05, 3.63) is 62.3 Å². The first kappa shape index (κ1) is 12.8. The Balaban J connectivity index is 2.43. The minimum absolute atomic E-state index is 0.474. The van der Waals surface area contributed by atoms with E-state index in [2.05, 4.69) is 20.9 Å². The summed E-state index contributed by atoms with van der Waals surface area (Å²) in [5, 5.41) is 11.2. The average molecular weight is 333 g/mol. The van der Waals surface area contributed by atoms with E-state index in [1.807, 2.05) is 0 Å². The summed E-state index contributed by atoms with van der Waals surface area (Å²) in [5.41, 5.74) is 1.22. The SMILES string of the molecule is OC(c1cncc(Br)c1)c1cc(Cl)ccc1Cl. The molecule has 2 rings (SSSR count). The molecule has 2 aromatic rings. The Bertz CT molecular complexity index is 548. The van der Waals surface area contributed by atoms with E-state index in [0.717, 1.165) is 4.47 Å². The van der Waals surface area contributed by atoms with Crippen molar-refractivity contribution in [2.24, 2.45) is 0 Å². The molecule has 0 radical (unpaired) electrons. The molecule has 2 nitrogen and oxygen atoms in total. The van der Waals surface area contributed by atoms with Gasteiger partial charge in [0.05, 0.1) is 0 Å². The summed E-state index contributed by atoms with van der Waals surface area (Å²) in [6.07, 6.45) is 2.40. The van der Waals surface area contributed by atoms with Crippen molar-refractivity contribution in [2.75, 3.05) is 0 Å². The third kappa shape index (κ3) is 2.99. The predicted octanol–water partition coefficient (Wildman–Crippen LogP) is 4.23. The van der Waals surface area contributed by atoms with Crippen molar-refractivity contribution in [1.82, 2.24) is 4.98 Å². The van der Waals surface area contributed by atoms with Gasteiger partial charge in [0, 0.05) is 38.0 Å². The van der Waals surface area contributed by atoms with Gasteiger partial charge < -0.3 is 5.11 Å². The standard InChI is InChI=1S/C12H8BrCl2NO/c13-8-3-7(5-16-6-8)12(17)10-4-9(14)1-2-11(10)15/h1-6,12,17H. The molecule has 0 aliphatic heterocycles. The fourth-order valence-corrected chi connectivity index (χ4v) is 2.27. The zero-order valence-corrected chi connectivity index (χ0v) is 11.7. The van der Waals surface area contributed by atoms with Crippen LogP contribution in [-0.2, 0) is 0 Å². The van der Waals surface area contributed by atoms with Crippen molar-refractivity contribution in [3.63, 3.8) is 0 Å². The molecule has 1 aromatic carbocycles. The van der Waals surface area contributed by atoms with E-state index in [0.29, 0.717) is 21.2 Å². The summed E-state index contributed by atoms with van der Waals surface area (Å²) in [6.45, 7) is 0. The van der Waals surface area contributed by atoms with Crippen LogP contribution in [0, 0.1) is 0 Å². The van der Waals surface area contributed by atoms with Gasteiger partial charge in [0.25, 0.3) is 0 Å². The molecule has 0 aliphatic rings. The molecule has 1 unspecified atom stereocenters. The Labute approximate surface area is 117 Å². The van der Waals surface area contributed by atoms with Gasteiger partial charge >= 0.3 is 0 Å². The Kier molecular flexibility index (Phi) is 4.05. The molecule has 88 valence electrons. The summed E-state index contributed by atoms with van der Waals surface area (Å²) >= 11 is 15.2. The van der Waals surface area contributed by atoms with E-state index >= 15 is 0 Å². The van der Waals surface area contributed by atoms with Gasteiger partial charge in [-0.2, -0.15) is 0 Å². The lowest BCUT2D eigenvalue weighted by molar-refractivity contribution is 0.220. The molecule has 17 heavy (non-hydrogen) atoms. The zero-order valence-electron chi connectivity index (χ0n) is 8.57. The van der Waals surface area contributed by atoms with Gasteiger partial charge in [0.15, 0.2) is 0 Å². The summed E-state index contributed by atoms with van der Waals surface area (Å²) in [6, 6.07) is 6.78. The van der Waals surface area contributed by atoms with Crippen LogP contribution in [0.5, 0.6) is 0 Å². The monoisotopic (exact) mass is 331 g/mol. The quantitative estimate of drug-likeness (QED) is 0.892. The number of nitrogens with zero attached hydrogens (tertiary/aromatic N) is 1. The van der Waals surface area contributed by atoms with Crippen LogP contribution in [0.2, 0.25) is 10.0 Å². The van der Waals surface area contributed by atoms with Gasteiger partial charge in [-0.25, -0.2) is 0 Å². The van der Waals surface area contributed by atoms with Crippen molar-refractivity contribution in [1.29, 1.82) is 0 Å². The first-order valence-corrected chi connectivity index (χ1v) is 6.36. The number of halogens is 3. The van der Waals surface area contributed by atoms with Crippen LogP contribution < -0.4 is 0 Å². The highest BCUT2D eigenvalue weighted by Gasteiger charge is 2.15. The van der Waals surface area contributed by atoms with Crippen LogP contribution >= 0.6 is 39.1 Å². The lowest BCUT2D eigenvalue weighted by atomic mass is 10.0. The molecule has 1 heterocycles. The molecule has 0 saturated heterocycles. The van der Waals surface area contributed by atoms with E-state index in [9.17, 15) is 5.11 Å². The number of hydrogen-bond acceptors (Lipinski definition) is 2. The van der Waals surface area contributed by atoms with Gasteiger partial charge in [0.1, 0.15) is 6.10 Å². The van der Waals surface area contributed by atoms with E-state index < -0.39 is 6.10 Å². The number of aliphatic hydroxyl groups excluding tert-OH is 1. The smallest absolute Gasteiger partial charge is 0.107 e. The fraction of sp³-hybridized carbons (Fsp3) is 0.0833. The minimum Gasteiger partial charge on any atom is -0.384 e. The number of hydrogen-bond donors (Lipinski definition) is 1. The number of rotatable bonds is 2. The topological polar surface area (TPSA) is 33.1 Å². The van der Waals surface area contributed by atoms with Crippen LogP contribution in [0.1, 0.15) is 17.2 Å². The highest BCUT2D eigenvalue weighted by atomic mass is 79.9. The second-order valence-corrected chi connectivity index (χ2v) is 5.26. The third-order valence-corrected chi connectivity index (χ3v) is 3.31. The number of pyridine rings is 1. The number of aliphatic hydroxyl groups is 1. The Hall–Kier alpha value is -0.610. The highest BCUT2D eigenvalue weighted by Crippen LogP contribution is 2.31. The summed E-state index contributed by atoms with van der Waals surface area (Å²) in [7, 11) is 0. The summed E-state index contributed by atoms with van der Waals surface area (Å²) < 4.78 is 0.798. The molecule has 0 fully saturated rings. The van der Waals surface area contributed by atoms with Gasteiger partial charge in [-0.15, -0.1) is 0 Å². The maximum atomic E-state index is 10.2. The Morgan fingerprint density at radius 1 is 1.18 bits per heavy atom. The molecule has 0 spiro atoms. The maximum absolute atomic E-state index is 10.2. The van der Waals surface area contributed by atoms with Crippen LogP contribution in [-0.4, -0.2) is 10.1 Å². The second-order valence-electron chi connectivity index (χ2n) is 3.50. The molecule has 0 amide bonds. The molecule has 1 aromatic heterocycles. The lowest BCUT2D eigenvalue weighted by Crippen LogP contribution is -2.01. The van der Waals surface area contributed by atoms with Crippen molar-refractivity contribution in [2.45, 2.75) is 6.10 Å². The number of benzene rings is 1. The maximum Gasteiger partial charge on any atom is 0.107 e. The minimum atomic E-state index is -0.841. The van der Waals surface area contributed by atoms with E-state index in [4.69, 9.17) is 23.2 Å². The molecule has 0 bridgehead atoms. The van der Waals surface area contributed by atoms with Crippen molar-refractivity contribution >= 4 is 39.1 Å². The van der Waals surface area contributed by atoms with Gasteiger partial charge in [0.2, 0.25) is 0 Å². The lowest BCUT2D eigenvalue weighted by Gasteiger charge is -2.13. The molecule has 5 heteroatoms. The normalized spacial score (nSPS) is 12.5. The Morgan fingerprint density at radius 2 is 1.94 bits per heavy atom. The first-order chi connectivity index (χ1) is 8.08. The molecule has 1 atom stereocenters. The molecule has 0 aliphatic carbocycles. The molecular formula is C12H8BrCl2NO. The predicted molar refractivity (Wildman–Crippen MR) is 72.5 cm³/mol. The first-order valence-electron chi connectivity index (χ1n) is 4.81. The summed E-state index contributed by atoms with van der Waals surface area (Å²) in [5.74, 6) is 0. The molecule has 0 saturated carbocycles. The second kappa shape index (κ2) is 5.36. The van der Waals surface area contributed by atoms with Crippen LogP contribution in [0.25, 0.3) is 0 Å². The van der Waals surface area contributed by atoms with Crippen molar-refractivity contribution in [3.8, 4) is 0 Å². The largest absolute Gasteiger partial charge is 0.384 e. The number of aromatic nitrogens is 1. The Morgan fingerprint density at radius 3 is 2.65 bits per heavy atom. The fourth-order valence-electron chi connectivity index (χ4n) is 1.48. The molecular weight excluding hydrogens is 325 g/mol. The van der Waals surface area contributed by atoms with Crippen molar-refractivity contribution < 1.29 is 5.11 Å². The van der Waals surface area contributed by atoms with Gasteiger partial charge in [-0.1, -0.05) is 23.2 Å².